The molecule has 0 radical (unpaired) electrons. The SMILES string of the molecule is COc1cc(C=O)ccc1OCCOc1ccc(C)cc1C(C)(C)C. The second-order valence-corrected chi connectivity index (χ2v) is 6.97. The summed E-state index contributed by atoms with van der Waals surface area (Å²) in [6.07, 6.45) is 0.779. The van der Waals surface area contributed by atoms with Gasteiger partial charge in [0.25, 0.3) is 0 Å². The summed E-state index contributed by atoms with van der Waals surface area (Å²) in [7, 11) is 1.55. The number of rotatable bonds is 7. The van der Waals surface area contributed by atoms with Crippen LogP contribution in [-0.2, 0) is 5.41 Å². The Hall–Kier alpha value is -2.49. The van der Waals surface area contributed by atoms with Gasteiger partial charge in [-0.05, 0) is 42.2 Å². The Morgan fingerprint density at radius 2 is 1.56 bits per heavy atom. The first-order valence-electron chi connectivity index (χ1n) is 8.35. The highest BCUT2D eigenvalue weighted by Crippen LogP contribution is 2.32. The number of ether oxygens (including phenoxy) is 3. The lowest BCUT2D eigenvalue weighted by atomic mass is 9.85. The third-order valence-corrected chi connectivity index (χ3v) is 3.87. The van der Waals surface area contributed by atoms with Crippen molar-refractivity contribution in [3.8, 4) is 17.2 Å². The molecule has 0 aromatic heterocycles. The molecule has 0 bridgehead atoms. The first kappa shape index (κ1) is 18.8. The molecule has 2 rings (SSSR count). The summed E-state index contributed by atoms with van der Waals surface area (Å²) in [4.78, 5) is 10.8. The van der Waals surface area contributed by atoms with Crippen LogP contribution in [0.1, 0.15) is 42.3 Å². The summed E-state index contributed by atoms with van der Waals surface area (Å²) in [5, 5.41) is 0. The molecule has 2 aromatic carbocycles. The molecule has 134 valence electrons. The number of carbonyl (C=O) groups is 1. The molecule has 0 amide bonds. The van der Waals surface area contributed by atoms with Gasteiger partial charge >= 0.3 is 0 Å². The van der Waals surface area contributed by atoms with Crippen LogP contribution in [0.5, 0.6) is 17.2 Å². The molecular formula is C21H26O4. The second-order valence-electron chi connectivity index (χ2n) is 6.97. The van der Waals surface area contributed by atoms with Crippen LogP contribution < -0.4 is 14.2 Å². The normalized spacial score (nSPS) is 11.1. The second kappa shape index (κ2) is 8.06. The van der Waals surface area contributed by atoms with Gasteiger partial charge in [-0.2, -0.15) is 0 Å². The molecule has 0 saturated heterocycles. The van der Waals surface area contributed by atoms with E-state index in [1.165, 1.54) is 11.1 Å². The van der Waals surface area contributed by atoms with Crippen LogP contribution in [0.25, 0.3) is 0 Å². The first-order chi connectivity index (χ1) is 11.8. The van der Waals surface area contributed by atoms with Crippen LogP contribution in [-0.4, -0.2) is 26.6 Å². The maximum Gasteiger partial charge on any atom is 0.161 e. The van der Waals surface area contributed by atoms with Crippen molar-refractivity contribution in [1.82, 2.24) is 0 Å². The van der Waals surface area contributed by atoms with Gasteiger partial charge in [-0.3, -0.25) is 4.79 Å². The smallest absolute Gasteiger partial charge is 0.161 e. The molecule has 0 fully saturated rings. The fraction of sp³-hybridized carbons (Fsp3) is 0.381. The van der Waals surface area contributed by atoms with Gasteiger partial charge in [-0.15, -0.1) is 0 Å². The fourth-order valence-electron chi connectivity index (χ4n) is 2.54. The Kier molecular flexibility index (Phi) is 6.07. The molecule has 0 aliphatic carbocycles. The van der Waals surface area contributed by atoms with Gasteiger partial charge in [0.15, 0.2) is 11.5 Å². The van der Waals surface area contributed by atoms with Crippen molar-refractivity contribution in [3.63, 3.8) is 0 Å². The predicted octanol–water partition coefficient (Wildman–Crippen LogP) is 4.57. The van der Waals surface area contributed by atoms with Crippen molar-refractivity contribution in [2.24, 2.45) is 0 Å². The van der Waals surface area contributed by atoms with Crippen molar-refractivity contribution >= 4 is 6.29 Å². The van der Waals surface area contributed by atoms with E-state index < -0.39 is 0 Å². The van der Waals surface area contributed by atoms with E-state index in [-0.39, 0.29) is 5.41 Å². The highest BCUT2D eigenvalue weighted by atomic mass is 16.5. The topological polar surface area (TPSA) is 44.8 Å². The molecule has 2 aromatic rings. The van der Waals surface area contributed by atoms with Gasteiger partial charge in [0.05, 0.1) is 7.11 Å². The standard InChI is InChI=1S/C21H26O4/c1-15-6-8-18(17(12-15)21(2,3)4)24-10-11-25-19-9-7-16(14-22)13-20(19)23-5/h6-9,12-14H,10-11H2,1-5H3. The summed E-state index contributed by atoms with van der Waals surface area (Å²) < 4.78 is 16.9. The molecule has 4 nitrogen and oxygen atoms in total. The lowest BCUT2D eigenvalue weighted by molar-refractivity contribution is 0.112. The molecule has 0 atom stereocenters. The average molecular weight is 342 g/mol. The maximum absolute atomic E-state index is 10.8. The fourth-order valence-corrected chi connectivity index (χ4v) is 2.54. The zero-order chi connectivity index (χ0) is 18.4. The number of aryl methyl sites for hydroxylation is 1. The van der Waals surface area contributed by atoms with Crippen LogP contribution in [0.2, 0.25) is 0 Å². The van der Waals surface area contributed by atoms with E-state index in [0.29, 0.717) is 30.3 Å². The predicted molar refractivity (Wildman–Crippen MR) is 99.3 cm³/mol. The van der Waals surface area contributed by atoms with Gasteiger partial charge in [0, 0.05) is 5.56 Å². The number of methoxy groups -OCH3 is 1. The monoisotopic (exact) mass is 342 g/mol. The highest BCUT2D eigenvalue weighted by molar-refractivity contribution is 5.76. The summed E-state index contributed by atoms with van der Waals surface area (Å²) in [6.45, 7) is 9.40. The van der Waals surface area contributed by atoms with Crippen molar-refractivity contribution in [3.05, 3.63) is 53.1 Å². The van der Waals surface area contributed by atoms with Crippen molar-refractivity contribution in [2.45, 2.75) is 33.1 Å². The Morgan fingerprint density at radius 3 is 2.16 bits per heavy atom. The lowest BCUT2D eigenvalue weighted by Crippen LogP contribution is -2.16. The molecule has 0 aliphatic rings. The van der Waals surface area contributed by atoms with Crippen molar-refractivity contribution in [1.29, 1.82) is 0 Å². The van der Waals surface area contributed by atoms with E-state index in [2.05, 4.69) is 33.8 Å². The Morgan fingerprint density at radius 1 is 0.920 bits per heavy atom. The van der Waals surface area contributed by atoms with E-state index in [1.54, 1.807) is 25.3 Å². The van der Waals surface area contributed by atoms with E-state index in [4.69, 9.17) is 14.2 Å². The summed E-state index contributed by atoms with van der Waals surface area (Å²) in [6, 6.07) is 11.3. The van der Waals surface area contributed by atoms with E-state index in [0.717, 1.165) is 12.0 Å². The molecule has 0 spiro atoms. The lowest BCUT2D eigenvalue weighted by Gasteiger charge is -2.23. The molecule has 0 heterocycles. The highest BCUT2D eigenvalue weighted by Gasteiger charge is 2.19. The number of carbonyl (C=O) groups excluding carboxylic acids is 1. The molecule has 0 N–H and O–H groups in total. The molecule has 0 unspecified atom stereocenters. The van der Waals surface area contributed by atoms with Gasteiger partial charge in [0.1, 0.15) is 25.2 Å². The van der Waals surface area contributed by atoms with E-state index >= 15 is 0 Å². The van der Waals surface area contributed by atoms with Crippen LogP contribution in [0, 0.1) is 6.92 Å². The minimum atomic E-state index is 0.0100. The van der Waals surface area contributed by atoms with Gasteiger partial charge < -0.3 is 14.2 Å². The van der Waals surface area contributed by atoms with Gasteiger partial charge in [-0.1, -0.05) is 38.5 Å². The maximum atomic E-state index is 10.8. The minimum Gasteiger partial charge on any atom is -0.493 e. The Balaban J connectivity index is 1.99. The molecule has 0 aliphatic heterocycles. The third kappa shape index (κ3) is 4.99. The van der Waals surface area contributed by atoms with E-state index in [9.17, 15) is 4.79 Å². The zero-order valence-corrected chi connectivity index (χ0v) is 15.6. The largest absolute Gasteiger partial charge is 0.493 e. The molecule has 0 saturated carbocycles. The summed E-state index contributed by atoms with van der Waals surface area (Å²) >= 11 is 0. The van der Waals surface area contributed by atoms with Crippen LogP contribution in [0.3, 0.4) is 0 Å². The van der Waals surface area contributed by atoms with Gasteiger partial charge in [-0.25, -0.2) is 0 Å². The Bertz CT molecular complexity index is 729. The summed E-state index contributed by atoms with van der Waals surface area (Å²) in [5.41, 5.74) is 2.96. The van der Waals surface area contributed by atoms with Crippen molar-refractivity contribution < 1.29 is 19.0 Å². The zero-order valence-electron chi connectivity index (χ0n) is 15.6. The van der Waals surface area contributed by atoms with Crippen LogP contribution in [0.15, 0.2) is 36.4 Å². The summed E-state index contributed by atoms with van der Waals surface area (Å²) in [5.74, 6) is 2.01. The first-order valence-corrected chi connectivity index (χ1v) is 8.35. The minimum absolute atomic E-state index is 0.0100. The van der Waals surface area contributed by atoms with Crippen LogP contribution in [0.4, 0.5) is 0 Å². The van der Waals surface area contributed by atoms with Crippen LogP contribution >= 0.6 is 0 Å². The Labute approximate surface area is 149 Å². The van der Waals surface area contributed by atoms with Gasteiger partial charge in [0.2, 0.25) is 0 Å². The van der Waals surface area contributed by atoms with Crippen molar-refractivity contribution in [2.75, 3.05) is 20.3 Å². The third-order valence-electron chi connectivity index (χ3n) is 3.87. The molecule has 25 heavy (non-hydrogen) atoms. The quantitative estimate of drug-likeness (QED) is 0.546. The number of hydrogen-bond acceptors (Lipinski definition) is 4. The van der Waals surface area contributed by atoms with E-state index in [1.807, 2.05) is 12.1 Å². The number of aldehydes is 1. The molecule has 4 heteroatoms. The molecular weight excluding hydrogens is 316 g/mol. The average Bonchev–Trinajstić information content (AvgIpc) is 2.58. The number of benzene rings is 2. The number of hydrogen-bond donors (Lipinski definition) is 0.